The van der Waals surface area contributed by atoms with Gasteiger partial charge in [0.15, 0.2) is 0 Å². The van der Waals surface area contributed by atoms with Crippen LogP contribution in [-0.4, -0.2) is 19.2 Å². The van der Waals surface area contributed by atoms with E-state index < -0.39 is 0 Å². The first-order valence-electron chi connectivity index (χ1n) is 4.91. The molecule has 84 valence electrons. The fourth-order valence-corrected chi connectivity index (χ4v) is 1.90. The molecule has 15 heavy (non-hydrogen) atoms. The number of hydrogen-bond donors (Lipinski definition) is 1. The molecular formula is C11H15BrClNO. The molecule has 0 aliphatic carbocycles. The van der Waals surface area contributed by atoms with Gasteiger partial charge in [-0.2, -0.15) is 0 Å². The zero-order chi connectivity index (χ0) is 11.3. The van der Waals surface area contributed by atoms with Crippen molar-refractivity contribution in [3.05, 3.63) is 27.7 Å². The molecule has 1 aromatic carbocycles. The molecular weight excluding hydrogens is 277 g/mol. The lowest BCUT2D eigenvalue weighted by Gasteiger charge is -2.10. The summed E-state index contributed by atoms with van der Waals surface area (Å²) in [6.45, 7) is 5.71. The van der Waals surface area contributed by atoms with Gasteiger partial charge in [0, 0.05) is 17.6 Å². The summed E-state index contributed by atoms with van der Waals surface area (Å²) < 4.78 is 6.46. The molecule has 1 aromatic rings. The van der Waals surface area contributed by atoms with Crippen molar-refractivity contribution in [3.63, 3.8) is 0 Å². The molecule has 2 nitrogen and oxygen atoms in total. The Morgan fingerprint density at radius 3 is 2.80 bits per heavy atom. The average molecular weight is 293 g/mol. The van der Waals surface area contributed by atoms with E-state index in [9.17, 15) is 0 Å². The lowest BCUT2D eigenvalue weighted by atomic mass is 10.3. The van der Waals surface area contributed by atoms with Crippen LogP contribution in [0.25, 0.3) is 0 Å². The fraction of sp³-hybridized carbons (Fsp3) is 0.455. The summed E-state index contributed by atoms with van der Waals surface area (Å²) in [7, 11) is 0. The lowest BCUT2D eigenvalue weighted by molar-refractivity contribution is 0.307. The van der Waals surface area contributed by atoms with Crippen molar-refractivity contribution in [3.8, 4) is 5.75 Å². The zero-order valence-corrected chi connectivity index (χ0v) is 11.2. The Morgan fingerprint density at radius 1 is 1.47 bits per heavy atom. The zero-order valence-electron chi connectivity index (χ0n) is 8.89. The van der Waals surface area contributed by atoms with Crippen LogP contribution in [0.1, 0.15) is 13.8 Å². The van der Waals surface area contributed by atoms with Gasteiger partial charge in [-0.25, -0.2) is 0 Å². The molecule has 1 rings (SSSR count). The van der Waals surface area contributed by atoms with Gasteiger partial charge in [-0.05, 0) is 34.1 Å². The van der Waals surface area contributed by atoms with E-state index in [-0.39, 0.29) is 0 Å². The van der Waals surface area contributed by atoms with Gasteiger partial charge in [-0.3, -0.25) is 0 Å². The quantitative estimate of drug-likeness (QED) is 0.839. The van der Waals surface area contributed by atoms with Crippen LogP contribution >= 0.6 is 27.5 Å². The fourth-order valence-electron chi connectivity index (χ4n) is 1.10. The van der Waals surface area contributed by atoms with Crippen LogP contribution in [0.4, 0.5) is 0 Å². The maximum Gasteiger partial charge on any atom is 0.133 e. The molecule has 0 spiro atoms. The Kier molecular flexibility index (Phi) is 5.43. The van der Waals surface area contributed by atoms with Crippen LogP contribution in [0.15, 0.2) is 22.7 Å². The van der Waals surface area contributed by atoms with Crippen LogP contribution in [0.3, 0.4) is 0 Å². The highest BCUT2D eigenvalue weighted by molar-refractivity contribution is 9.10. The summed E-state index contributed by atoms with van der Waals surface area (Å²) in [5, 5.41) is 3.98. The van der Waals surface area contributed by atoms with Gasteiger partial charge in [0.1, 0.15) is 12.4 Å². The van der Waals surface area contributed by atoms with Gasteiger partial charge in [-0.1, -0.05) is 25.4 Å². The van der Waals surface area contributed by atoms with E-state index >= 15 is 0 Å². The first-order chi connectivity index (χ1) is 7.09. The van der Waals surface area contributed by atoms with Crippen molar-refractivity contribution in [1.82, 2.24) is 5.32 Å². The SMILES string of the molecule is CC(C)NCCOc1ccc(Cl)cc1Br. The molecule has 1 N–H and O–H groups in total. The molecule has 0 aliphatic heterocycles. The first-order valence-corrected chi connectivity index (χ1v) is 6.08. The van der Waals surface area contributed by atoms with Crippen LogP contribution in [0.2, 0.25) is 5.02 Å². The molecule has 0 fully saturated rings. The molecule has 0 amide bonds. The highest BCUT2D eigenvalue weighted by Crippen LogP contribution is 2.27. The van der Waals surface area contributed by atoms with E-state index in [0.717, 1.165) is 16.8 Å². The van der Waals surface area contributed by atoms with Crippen LogP contribution in [-0.2, 0) is 0 Å². The van der Waals surface area contributed by atoms with E-state index in [4.69, 9.17) is 16.3 Å². The van der Waals surface area contributed by atoms with E-state index in [0.29, 0.717) is 17.7 Å². The van der Waals surface area contributed by atoms with Gasteiger partial charge in [0.25, 0.3) is 0 Å². The van der Waals surface area contributed by atoms with Crippen molar-refractivity contribution in [2.45, 2.75) is 19.9 Å². The third-order valence-corrected chi connectivity index (χ3v) is 2.66. The lowest BCUT2D eigenvalue weighted by Crippen LogP contribution is -2.27. The number of nitrogens with one attached hydrogen (secondary N) is 1. The van der Waals surface area contributed by atoms with Crippen molar-refractivity contribution in [2.75, 3.05) is 13.2 Å². The number of hydrogen-bond acceptors (Lipinski definition) is 2. The van der Waals surface area contributed by atoms with E-state index in [1.54, 1.807) is 0 Å². The van der Waals surface area contributed by atoms with E-state index in [1.807, 2.05) is 18.2 Å². The predicted molar refractivity (Wildman–Crippen MR) is 67.8 cm³/mol. The molecule has 4 heteroatoms. The van der Waals surface area contributed by atoms with Gasteiger partial charge < -0.3 is 10.1 Å². The maximum atomic E-state index is 5.82. The van der Waals surface area contributed by atoms with Crippen molar-refractivity contribution >= 4 is 27.5 Å². The number of benzene rings is 1. The highest BCUT2D eigenvalue weighted by Gasteiger charge is 2.01. The Labute approximate surface area is 104 Å². The Bertz CT molecular complexity index is 317. The van der Waals surface area contributed by atoms with E-state index in [2.05, 4.69) is 35.1 Å². The second-order valence-corrected chi connectivity index (χ2v) is 4.82. The predicted octanol–water partition coefficient (Wildman–Crippen LogP) is 3.48. The second kappa shape index (κ2) is 6.36. The van der Waals surface area contributed by atoms with Gasteiger partial charge >= 0.3 is 0 Å². The molecule has 0 aromatic heterocycles. The summed E-state index contributed by atoms with van der Waals surface area (Å²) >= 11 is 9.22. The molecule has 0 aliphatic rings. The molecule has 0 heterocycles. The average Bonchev–Trinajstić information content (AvgIpc) is 2.14. The van der Waals surface area contributed by atoms with Gasteiger partial charge in [0.05, 0.1) is 4.47 Å². The Balaban J connectivity index is 2.37. The summed E-state index contributed by atoms with van der Waals surface area (Å²) in [4.78, 5) is 0. The Hall–Kier alpha value is -0.250. The molecule has 0 saturated carbocycles. The van der Waals surface area contributed by atoms with Gasteiger partial charge in [0.2, 0.25) is 0 Å². The monoisotopic (exact) mass is 291 g/mol. The third kappa shape index (κ3) is 4.87. The number of halogens is 2. The molecule has 0 unspecified atom stereocenters. The van der Waals surface area contributed by atoms with E-state index in [1.165, 1.54) is 0 Å². The summed E-state index contributed by atoms with van der Waals surface area (Å²) in [6, 6.07) is 5.99. The van der Waals surface area contributed by atoms with Gasteiger partial charge in [-0.15, -0.1) is 0 Å². The Morgan fingerprint density at radius 2 is 2.20 bits per heavy atom. The van der Waals surface area contributed by atoms with Crippen LogP contribution in [0.5, 0.6) is 5.75 Å². The molecule has 0 saturated heterocycles. The van der Waals surface area contributed by atoms with Crippen LogP contribution < -0.4 is 10.1 Å². The molecule has 0 atom stereocenters. The standard InChI is InChI=1S/C11H15BrClNO/c1-8(2)14-5-6-15-11-4-3-9(13)7-10(11)12/h3-4,7-8,14H,5-6H2,1-2H3. The topological polar surface area (TPSA) is 21.3 Å². The summed E-state index contributed by atoms with van der Waals surface area (Å²) in [5.74, 6) is 0.824. The minimum Gasteiger partial charge on any atom is -0.491 e. The van der Waals surface area contributed by atoms with Crippen LogP contribution in [0, 0.1) is 0 Å². The highest BCUT2D eigenvalue weighted by atomic mass is 79.9. The number of ether oxygens (including phenoxy) is 1. The van der Waals surface area contributed by atoms with Crippen molar-refractivity contribution < 1.29 is 4.74 Å². The maximum absolute atomic E-state index is 5.82. The van der Waals surface area contributed by atoms with Crippen molar-refractivity contribution in [2.24, 2.45) is 0 Å². The second-order valence-electron chi connectivity index (χ2n) is 3.53. The summed E-state index contributed by atoms with van der Waals surface area (Å²) in [6.07, 6.45) is 0. The minimum absolute atomic E-state index is 0.488. The van der Waals surface area contributed by atoms with Crippen molar-refractivity contribution in [1.29, 1.82) is 0 Å². The number of rotatable bonds is 5. The largest absolute Gasteiger partial charge is 0.491 e. The molecule has 0 radical (unpaired) electrons. The third-order valence-electron chi connectivity index (χ3n) is 1.81. The smallest absolute Gasteiger partial charge is 0.133 e. The molecule has 0 bridgehead atoms. The summed E-state index contributed by atoms with van der Waals surface area (Å²) in [5.41, 5.74) is 0. The normalized spacial score (nSPS) is 10.7. The first kappa shape index (κ1) is 12.8. The minimum atomic E-state index is 0.488.